The van der Waals surface area contributed by atoms with Gasteiger partial charge >= 0.3 is 0 Å². The number of carbonyl (C=O) groups is 1. The minimum atomic E-state index is 0.0944. The van der Waals surface area contributed by atoms with Crippen molar-refractivity contribution in [1.29, 1.82) is 5.26 Å². The molecule has 0 saturated heterocycles. The molecule has 2 aromatic rings. The number of amides is 1. The van der Waals surface area contributed by atoms with Gasteiger partial charge < -0.3 is 5.32 Å². The summed E-state index contributed by atoms with van der Waals surface area (Å²) in [4.78, 5) is 13.3. The lowest BCUT2D eigenvalue weighted by atomic mass is 10.1. The number of nitriles is 1. The summed E-state index contributed by atoms with van der Waals surface area (Å²) in [6.07, 6.45) is 2.48. The molecular weight excluding hydrogens is 384 g/mol. The van der Waals surface area contributed by atoms with Crippen LogP contribution in [0.5, 0.6) is 0 Å². The number of nitrogens with one attached hydrogen (secondary N) is 1. The van der Waals surface area contributed by atoms with Crippen molar-refractivity contribution in [2.24, 2.45) is 0 Å². The summed E-state index contributed by atoms with van der Waals surface area (Å²) in [5.74, 6) is 0.828. The monoisotopic (exact) mass is 400 g/mol. The van der Waals surface area contributed by atoms with Gasteiger partial charge in [0, 0.05) is 21.5 Å². The maximum absolute atomic E-state index is 12.2. The van der Waals surface area contributed by atoms with Crippen molar-refractivity contribution in [1.82, 2.24) is 5.32 Å². The van der Waals surface area contributed by atoms with E-state index in [2.05, 4.69) is 39.4 Å². The Labute approximate surface area is 154 Å². The van der Waals surface area contributed by atoms with Gasteiger partial charge in [-0.1, -0.05) is 22.0 Å². The van der Waals surface area contributed by atoms with Crippen molar-refractivity contribution in [3.63, 3.8) is 0 Å². The molecule has 24 heavy (non-hydrogen) atoms. The van der Waals surface area contributed by atoms with Crippen molar-refractivity contribution in [2.75, 3.05) is 5.75 Å². The average Bonchev–Trinajstić information content (AvgIpc) is 2.97. The van der Waals surface area contributed by atoms with E-state index in [1.165, 1.54) is 11.1 Å². The lowest BCUT2D eigenvalue weighted by Gasteiger charge is -2.14. The lowest BCUT2D eigenvalue weighted by Crippen LogP contribution is -2.27. The number of fused-ring (bicyclic) bond motifs is 1. The maximum atomic E-state index is 12.2. The topological polar surface area (TPSA) is 52.9 Å². The Morgan fingerprint density at radius 3 is 2.83 bits per heavy atom. The van der Waals surface area contributed by atoms with E-state index in [9.17, 15) is 4.79 Å². The van der Waals surface area contributed by atoms with Gasteiger partial charge in [0.15, 0.2) is 0 Å². The summed E-state index contributed by atoms with van der Waals surface area (Å²) >= 11 is 5.13. The quantitative estimate of drug-likeness (QED) is 0.745. The van der Waals surface area contributed by atoms with E-state index < -0.39 is 0 Å². The zero-order valence-corrected chi connectivity index (χ0v) is 15.5. The highest BCUT2D eigenvalue weighted by Gasteiger charge is 2.23. The number of halogens is 1. The minimum Gasteiger partial charge on any atom is -0.349 e. The fourth-order valence-electron chi connectivity index (χ4n) is 2.89. The molecule has 0 radical (unpaired) electrons. The molecular formula is C19H17BrN2OS. The molecule has 0 bridgehead atoms. The van der Waals surface area contributed by atoms with Gasteiger partial charge in [0.25, 0.3) is 0 Å². The van der Waals surface area contributed by atoms with Gasteiger partial charge in [-0.25, -0.2) is 0 Å². The third-order valence-electron chi connectivity index (χ3n) is 4.10. The zero-order chi connectivity index (χ0) is 16.9. The highest BCUT2D eigenvalue weighted by molar-refractivity contribution is 9.10. The minimum absolute atomic E-state index is 0.0944. The number of carbonyl (C=O) groups excluding carboxylic acids is 1. The van der Waals surface area contributed by atoms with Gasteiger partial charge in [-0.05, 0) is 60.4 Å². The van der Waals surface area contributed by atoms with Crippen molar-refractivity contribution in [2.45, 2.75) is 30.2 Å². The second-order valence-electron chi connectivity index (χ2n) is 5.74. The second kappa shape index (κ2) is 7.87. The molecule has 3 rings (SSSR count). The molecule has 0 aliphatic heterocycles. The van der Waals surface area contributed by atoms with Gasteiger partial charge in [0.1, 0.15) is 0 Å². The van der Waals surface area contributed by atoms with E-state index >= 15 is 0 Å². The molecule has 2 aromatic carbocycles. The normalized spacial score (nSPS) is 15.6. The number of hydrogen-bond donors (Lipinski definition) is 1. The molecule has 1 amide bonds. The lowest BCUT2D eigenvalue weighted by molar-refractivity contribution is -0.121. The third kappa shape index (κ3) is 4.19. The van der Waals surface area contributed by atoms with E-state index in [0.29, 0.717) is 12.0 Å². The largest absolute Gasteiger partial charge is 0.349 e. The van der Waals surface area contributed by atoms with Gasteiger partial charge in [-0.3, -0.25) is 4.79 Å². The van der Waals surface area contributed by atoms with Crippen LogP contribution in [0.3, 0.4) is 0 Å². The van der Waals surface area contributed by atoms with Gasteiger partial charge in [0.2, 0.25) is 5.91 Å². The number of hydrogen-bond acceptors (Lipinski definition) is 3. The molecule has 0 saturated carbocycles. The zero-order valence-electron chi connectivity index (χ0n) is 13.1. The summed E-state index contributed by atoms with van der Waals surface area (Å²) in [5.41, 5.74) is 3.22. The van der Waals surface area contributed by atoms with Crippen LogP contribution in [-0.2, 0) is 11.2 Å². The van der Waals surface area contributed by atoms with Crippen LogP contribution < -0.4 is 5.32 Å². The third-order valence-corrected chi connectivity index (χ3v) is 5.61. The first-order valence-electron chi connectivity index (χ1n) is 7.86. The Bertz CT molecular complexity index is 783. The number of nitrogens with zero attached hydrogens (tertiary/aromatic N) is 1. The van der Waals surface area contributed by atoms with E-state index in [1.54, 1.807) is 23.9 Å². The smallest absolute Gasteiger partial charge is 0.221 e. The molecule has 1 aliphatic carbocycles. The molecule has 1 N–H and O–H groups in total. The summed E-state index contributed by atoms with van der Waals surface area (Å²) in [5, 5.41) is 11.9. The van der Waals surface area contributed by atoms with Crippen LogP contribution in [0.25, 0.3) is 0 Å². The van der Waals surface area contributed by atoms with Crippen molar-refractivity contribution in [3.05, 3.63) is 63.6 Å². The number of benzene rings is 2. The van der Waals surface area contributed by atoms with Crippen LogP contribution in [0.2, 0.25) is 0 Å². The van der Waals surface area contributed by atoms with Crippen molar-refractivity contribution < 1.29 is 4.79 Å². The van der Waals surface area contributed by atoms with E-state index in [1.807, 2.05) is 18.2 Å². The fourth-order valence-corrected chi connectivity index (χ4v) is 4.15. The Hall–Kier alpha value is -1.77. The molecule has 122 valence electrons. The summed E-state index contributed by atoms with van der Waals surface area (Å²) in [6, 6.07) is 16.0. The predicted molar refractivity (Wildman–Crippen MR) is 99.8 cm³/mol. The molecule has 1 aliphatic rings. The molecule has 1 unspecified atom stereocenters. The number of aryl methyl sites for hydroxylation is 1. The Balaban J connectivity index is 1.48. The first kappa shape index (κ1) is 17.1. The number of thioether (sulfide) groups is 1. The van der Waals surface area contributed by atoms with Crippen LogP contribution in [0.1, 0.15) is 35.6 Å². The van der Waals surface area contributed by atoms with Crippen LogP contribution in [0.4, 0.5) is 0 Å². The molecule has 5 heteroatoms. The highest BCUT2D eigenvalue weighted by atomic mass is 79.9. The van der Waals surface area contributed by atoms with Crippen molar-refractivity contribution >= 4 is 33.6 Å². The molecule has 0 spiro atoms. The standard InChI is InChI=1S/C19H17BrN2OS/c20-15-4-7-17-14(11-15)3-8-18(17)22-19(23)9-10-24-16-5-1-13(12-21)2-6-16/h1-2,4-7,11,18H,3,8-10H2,(H,22,23). The Kier molecular flexibility index (Phi) is 5.60. The van der Waals surface area contributed by atoms with Gasteiger partial charge in [-0.15, -0.1) is 11.8 Å². The van der Waals surface area contributed by atoms with E-state index in [-0.39, 0.29) is 11.9 Å². The van der Waals surface area contributed by atoms with Gasteiger partial charge in [-0.2, -0.15) is 5.26 Å². The Morgan fingerprint density at radius 1 is 1.29 bits per heavy atom. The number of rotatable bonds is 5. The Morgan fingerprint density at radius 2 is 2.08 bits per heavy atom. The van der Waals surface area contributed by atoms with E-state index in [4.69, 9.17) is 5.26 Å². The predicted octanol–water partition coefficient (Wildman–Crippen LogP) is 4.61. The SMILES string of the molecule is N#Cc1ccc(SCCC(=O)NC2CCc3cc(Br)ccc32)cc1. The molecule has 0 fully saturated rings. The second-order valence-corrected chi connectivity index (χ2v) is 7.82. The molecule has 0 aromatic heterocycles. The first-order valence-corrected chi connectivity index (χ1v) is 9.64. The highest BCUT2D eigenvalue weighted by Crippen LogP contribution is 2.33. The van der Waals surface area contributed by atoms with Crippen LogP contribution >= 0.6 is 27.7 Å². The molecule has 1 atom stereocenters. The van der Waals surface area contributed by atoms with Crippen LogP contribution in [-0.4, -0.2) is 11.7 Å². The van der Waals surface area contributed by atoms with Crippen LogP contribution in [0, 0.1) is 11.3 Å². The first-order chi connectivity index (χ1) is 11.7. The van der Waals surface area contributed by atoms with Crippen LogP contribution in [0.15, 0.2) is 51.8 Å². The fraction of sp³-hybridized carbons (Fsp3) is 0.263. The molecule has 3 nitrogen and oxygen atoms in total. The maximum Gasteiger partial charge on any atom is 0.221 e. The van der Waals surface area contributed by atoms with E-state index in [0.717, 1.165) is 28.0 Å². The van der Waals surface area contributed by atoms with Crippen molar-refractivity contribution in [3.8, 4) is 6.07 Å². The summed E-state index contributed by atoms with van der Waals surface area (Å²) in [7, 11) is 0. The average molecular weight is 401 g/mol. The summed E-state index contributed by atoms with van der Waals surface area (Å²) < 4.78 is 1.09. The van der Waals surface area contributed by atoms with Gasteiger partial charge in [0.05, 0.1) is 17.7 Å². The summed E-state index contributed by atoms with van der Waals surface area (Å²) in [6.45, 7) is 0. The molecule has 0 heterocycles.